The van der Waals surface area contributed by atoms with Gasteiger partial charge in [-0.15, -0.1) is 10.2 Å². The van der Waals surface area contributed by atoms with Crippen LogP contribution < -0.4 is 10.6 Å². The molecule has 0 aliphatic heterocycles. The van der Waals surface area contributed by atoms with E-state index >= 15 is 0 Å². The maximum atomic E-state index is 11.4. The number of anilines is 1. The number of carbonyl (C=O) groups is 1. The second kappa shape index (κ2) is 7.05. The Morgan fingerprint density at radius 2 is 2.12 bits per heavy atom. The molecule has 3 rings (SSSR count). The van der Waals surface area contributed by atoms with Crippen LogP contribution in [0.1, 0.15) is 16.4 Å². The van der Waals surface area contributed by atoms with Gasteiger partial charge in [0.15, 0.2) is 5.69 Å². The lowest BCUT2D eigenvalue weighted by atomic mass is 10.2. The van der Waals surface area contributed by atoms with Crippen molar-refractivity contribution in [2.75, 3.05) is 12.4 Å². The average molecular weight is 345 g/mol. The SMILES string of the molecule is CNC(=O)c1ccc(NCc2nc(-c3cccc(Cl)c3)no2)nn1. The summed E-state index contributed by atoms with van der Waals surface area (Å²) < 4.78 is 5.18. The zero-order valence-electron chi connectivity index (χ0n) is 12.7. The van der Waals surface area contributed by atoms with Crippen molar-refractivity contribution in [2.45, 2.75) is 6.54 Å². The number of rotatable bonds is 5. The minimum Gasteiger partial charge on any atom is -0.360 e. The Balaban J connectivity index is 1.64. The van der Waals surface area contributed by atoms with E-state index in [2.05, 4.69) is 31.0 Å². The van der Waals surface area contributed by atoms with Gasteiger partial charge in [-0.2, -0.15) is 4.98 Å². The Labute approximate surface area is 142 Å². The lowest BCUT2D eigenvalue weighted by Crippen LogP contribution is -2.19. The molecule has 0 unspecified atom stereocenters. The van der Waals surface area contributed by atoms with Crippen LogP contribution in [-0.4, -0.2) is 33.3 Å². The van der Waals surface area contributed by atoms with Crippen molar-refractivity contribution in [3.8, 4) is 11.4 Å². The van der Waals surface area contributed by atoms with Crippen molar-refractivity contribution in [1.82, 2.24) is 25.7 Å². The Hall–Kier alpha value is -3.00. The summed E-state index contributed by atoms with van der Waals surface area (Å²) in [7, 11) is 1.53. The van der Waals surface area contributed by atoms with E-state index in [1.165, 1.54) is 7.05 Å². The van der Waals surface area contributed by atoms with Crippen LogP contribution in [-0.2, 0) is 6.54 Å². The van der Waals surface area contributed by atoms with Crippen LogP contribution in [0.25, 0.3) is 11.4 Å². The molecule has 2 aromatic heterocycles. The van der Waals surface area contributed by atoms with E-state index < -0.39 is 0 Å². The molecule has 24 heavy (non-hydrogen) atoms. The monoisotopic (exact) mass is 344 g/mol. The highest BCUT2D eigenvalue weighted by molar-refractivity contribution is 6.30. The molecule has 0 fully saturated rings. The molecule has 2 N–H and O–H groups in total. The number of hydrogen-bond donors (Lipinski definition) is 2. The average Bonchev–Trinajstić information content (AvgIpc) is 3.09. The fourth-order valence-electron chi connectivity index (χ4n) is 1.91. The van der Waals surface area contributed by atoms with Crippen LogP contribution in [0.15, 0.2) is 40.9 Å². The highest BCUT2D eigenvalue weighted by atomic mass is 35.5. The standard InChI is InChI=1S/C15H13ClN6O2/c1-17-15(23)11-5-6-12(21-20-11)18-8-13-19-14(22-24-13)9-3-2-4-10(16)7-9/h2-7H,8H2,1H3,(H,17,23)(H,18,21). The number of nitrogens with zero attached hydrogens (tertiary/aromatic N) is 4. The fourth-order valence-corrected chi connectivity index (χ4v) is 2.10. The van der Waals surface area contributed by atoms with Crippen LogP contribution in [0.4, 0.5) is 5.82 Å². The zero-order chi connectivity index (χ0) is 16.9. The van der Waals surface area contributed by atoms with Gasteiger partial charge >= 0.3 is 0 Å². The molecule has 0 spiro atoms. The quantitative estimate of drug-likeness (QED) is 0.730. The maximum Gasteiger partial charge on any atom is 0.271 e. The first kappa shape index (κ1) is 15.9. The normalized spacial score (nSPS) is 10.4. The van der Waals surface area contributed by atoms with E-state index in [1.54, 1.807) is 24.3 Å². The van der Waals surface area contributed by atoms with E-state index in [-0.39, 0.29) is 18.1 Å². The number of hydrogen-bond acceptors (Lipinski definition) is 7. The summed E-state index contributed by atoms with van der Waals surface area (Å²) in [6.45, 7) is 0.279. The lowest BCUT2D eigenvalue weighted by Gasteiger charge is -2.02. The van der Waals surface area contributed by atoms with Crippen molar-refractivity contribution >= 4 is 23.3 Å². The van der Waals surface area contributed by atoms with E-state index in [0.717, 1.165) is 5.56 Å². The Bertz CT molecular complexity index is 849. The molecular formula is C15H13ClN6O2. The predicted molar refractivity (Wildman–Crippen MR) is 87.5 cm³/mol. The number of nitrogens with one attached hydrogen (secondary N) is 2. The van der Waals surface area contributed by atoms with Gasteiger partial charge in [-0.1, -0.05) is 28.9 Å². The third-order valence-corrected chi connectivity index (χ3v) is 3.33. The van der Waals surface area contributed by atoms with Gasteiger partial charge in [-0.05, 0) is 24.3 Å². The summed E-state index contributed by atoms with van der Waals surface area (Å²) in [4.78, 5) is 15.7. The van der Waals surface area contributed by atoms with Crippen LogP contribution in [0.2, 0.25) is 5.02 Å². The van der Waals surface area contributed by atoms with E-state index in [0.29, 0.717) is 22.6 Å². The predicted octanol–water partition coefficient (Wildman–Crippen LogP) is 2.15. The largest absolute Gasteiger partial charge is 0.360 e. The van der Waals surface area contributed by atoms with Crippen molar-refractivity contribution in [3.63, 3.8) is 0 Å². The summed E-state index contributed by atoms with van der Waals surface area (Å²) >= 11 is 5.95. The Kier molecular flexibility index (Phi) is 4.66. The first-order chi connectivity index (χ1) is 11.7. The molecule has 1 aromatic carbocycles. The van der Waals surface area contributed by atoms with Gasteiger partial charge in [0.25, 0.3) is 5.91 Å². The fraction of sp³-hybridized carbons (Fsp3) is 0.133. The van der Waals surface area contributed by atoms with Gasteiger partial charge < -0.3 is 15.2 Å². The second-order valence-corrected chi connectivity index (χ2v) is 5.19. The van der Waals surface area contributed by atoms with Crippen LogP contribution in [0.3, 0.4) is 0 Å². The third kappa shape index (κ3) is 3.66. The topological polar surface area (TPSA) is 106 Å². The summed E-state index contributed by atoms with van der Waals surface area (Å²) in [6, 6.07) is 10.4. The van der Waals surface area contributed by atoms with Gasteiger partial charge in [0.1, 0.15) is 5.82 Å². The first-order valence-electron chi connectivity index (χ1n) is 7.04. The summed E-state index contributed by atoms with van der Waals surface area (Å²) in [5.41, 5.74) is 1.01. The minimum atomic E-state index is -0.294. The Morgan fingerprint density at radius 1 is 1.25 bits per heavy atom. The van der Waals surface area contributed by atoms with Gasteiger partial charge in [0.2, 0.25) is 11.7 Å². The molecular weight excluding hydrogens is 332 g/mol. The molecule has 0 radical (unpaired) electrons. The van der Waals surface area contributed by atoms with Crippen molar-refractivity contribution in [1.29, 1.82) is 0 Å². The molecule has 3 aromatic rings. The smallest absolute Gasteiger partial charge is 0.271 e. The van der Waals surface area contributed by atoms with Crippen LogP contribution >= 0.6 is 11.6 Å². The number of aromatic nitrogens is 4. The van der Waals surface area contributed by atoms with Gasteiger partial charge in [-0.3, -0.25) is 4.79 Å². The molecule has 8 nitrogen and oxygen atoms in total. The molecule has 0 saturated carbocycles. The van der Waals surface area contributed by atoms with Crippen LogP contribution in [0.5, 0.6) is 0 Å². The van der Waals surface area contributed by atoms with Gasteiger partial charge in [-0.25, -0.2) is 0 Å². The molecule has 0 aliphatic rings. The molecule has 0 aliphatic carbocycles. The van der Waals surface area contributed by atoms with E-state index in [9.17, 15) is 4.79 Å². The summed E-state index contributed by atoms with van der Waals surface area (Å²) in [5.74, 6) is 1.04. The van der Waals surface area contributed by atoms with Crippen molar-refractivity contribution in [3.05, 3.63) is 53.0 Å². The molecule has 122 valence electrons. The number of halogens is 1. The Morgan fingerprint density at radius 3 is 2.83 bits per heavy atom. The zero-order valence-corrected chi connectivity index (χ0v) is 13.4. The molecule has 2 heterocycles. The van der Waals surface area contributed by atoms with E-state index in [4.69, 9.17) is 16.1 Å². The summed E-state index contributed by atoms with van der Waals surface area (Å²) in [6.07, 6.45) is 0. The van der Waals surface area contributed by atoms with Crippen molar-refractivity contribution in [2.24, 2.45) is 0 Å². The molecule has 0 saturated heterocycles. The van der Waals surface area contributed by atoms with Gasteiger partial charge in [0.05, 0.1) is 6.54 Å². The lowest BCUT2D eigenvalue weighted by molar-refractivity contribution is 0.0957. The van der Waals surface area contributed by atoms with E-state index in [1.807, 2.05) is 12.1 Å². The minimum absolute atomic E-state index is 0.240. The molecule has 1 amide bonds. The molecule has 0 atom stereocenters. The number of carbonyl (C=O) groups excluding carboxylic acids is 1. The third-order valence-electron chi connectivity index (χ3n) is 3.10. The highest BCUT2D eigenvalue weighted by Crippen LogP contribution is 2.20. The highest BCUT2D eigenvalue weighted by Gasteiger charge is 2.10. The maximum absolute atomic E-state index is 11.4. The van der Waals surface area contributed by atoms with Crippen molar-refractivity contribution < 1.29 is 9.32 Å². The first-order valence-corrected chi connectivity index (χ1v) is 7.41. The molecule has 0 bridgehead atoms. The van der Waals surface area contributed by atoms with Crippen LogP contribution in [0, 0.1) is 0 Å². The summed E-state index contributed by atoms with van der Waals surface area (Å²) in [5, 5.41) is 17.7. The second-order valence-electron chi connectivity index (χ2n) is 4.76. The molecule has 9 heteroatoms. The number of amides is 1. The number of benzene rings is 1. The van der Waals surface area contributed by atoms with Gasteiger partial charge in [0, 0.05) is 17.6 Å².